The number of nitrogens with one attached hydrogen (secondary N) is 1. The van der Waals surface area contributed by atoms with Gasteiger partial charge in [-0.2, -0.15) is 11.8 Å². The van der Waals surface area contributed by atoms with Gasteiger partial charge >= 0.3 is 0 Å². The Morgan fingerprint density at radius 1 is 1.47 bits per heavy atom. The molecule has 19 heavy (non-hydrogen) atoms. The molecule has 0 aliphatic heterocycles. The average molecular weight is 306 g/mol. The summed E-state index contributed by atoms with van der Waals surface area (Å²) in [6.07, 6.45) is 1.96. The molecule has 1 unspecified atom stereocenters. The molecule has 0 aromatic heterocycles. The number of sulfonamides is 1. The summed E-state index contributed by atoms with van der Waals surface area (Å²) in [5.74, 6) is 0.445. The van der Waals surface area contributed by atoms with E-state index in [1.807, 2.05) is 13.2 Å². The molecule has 0 aliphatic rings. The molecule has 0 radical (unpaired) electrons. The molecule has 108 valence electrons. The van der Waals surface area contributed by atoms with Gasteiger partial charge in [-0.3, -0.25) is 0 Å². The topological polar surface area (TPSA) is 72.2 Å². The van der Waals surface area contributed by atoms with Gasteiger partial charge in [-0.1, -0.05) is 6.92 Å². The summed E-state index contributed by atoms with van der Waals surface area (Å²) in [6.45, 7) is 3.69. The first-order chi connectivity index (χ1) is 8.77. The molecule has 1 rings (SSSR count). The van der Waals surface area contributed by atoms with Crippen LogP contribution in [0.15, 0.2) is 17.0 Å². The molecule has 0 aliphatic carbocycles. The molecule has 1 aromatic carbocycles. The van der Waals surface area contributed by atoms with E-state index < -0.39 is 15.8 Å². The smallest absolute Gasteiger partial charge is 0.241 e. The molecule has 0 fully saturated rings. The van der Waals surface area contributed by atoms with Crippen LogP contribution in [0, 0.1) is 18.7 Å². The largest absolute Gasteiger partial charge is 0.399 e. The molecular weight excluding hydrogens is 287 g/mol. The van der Waals surface area contributed by atoms with E-state index in [2.05, 4.69) is 4.72 Å². The second kappa shape index (κ2) is 6.58. The highest BCUT2D eigenvalue weighted by molar-refractivity contribution is 7.98. The number of benzene rings is 1. The summed E-state index contributed by atoms with van der Waals surface area (Å²) in [5.41, 5.74) is 5.67. The zero-order valence-electron chi connectivity index (χ0n) is 11.2. The Balaban J connectivity index is 2.95. The maximum absolute atomic E-state index is 13.5. The van der Waals surface area contributed by atoms with Crippen molar-refractivity contribution < 1.29 is 12.8 Å². The Hall–Kier alpha value is -0.790. The van der Waals surface area contributed by atoms with Crippen LogP contribution in [-0.4, -0.2) is 27.0 Å². The summed E-state index contributed by atoms with van der Waals surface area (Å²) in [7, 11) is -3.73. The molecule has 1 atom stereocenters. The van der Waals surface area contributed by atoms with Crippen molar-refractivity contribution in [1.82, 2.24) is 4.72 Å². The minimum atomic E-state index is -3.73. The quantitative estimate of drug-likeness (QED) is 0.789. The van der Waals surface area contributed by atoms with Crippen molar-refractivity contribution in [2.45, 2.75) is 18.7 Å². The number of hydrogen-bond acceptors (Lipinski definition) is 4. The minimum Gasteiger partial charge on any atom is -0.399 e. The van der Waals surface area contributed by atoms with Crippen molar-refractivity contribution in [2.24, 2.45) is 5.92 Å². The third-order valence-corrected chi connectivity index (χ3v) is 5.13. The van der Waals surface area contributed by atoms with Crippen molar-refractivity contribution in [1.29, 1.82) is 0 Å². The fourth-order valence-corrected chi connectivity index (χ4v) is 3.76. The van der Waals surface area contributed by atoms with Gasteiger partial charge in [0.05, 0.1) is 4.90 Å². The standard InChI is InChI=1S/C12H19FN2O2S2/c1-8(7-18-3)6-15-19(16,17)12-5-10(14)4-11(13)9(12)2/h4-5,8,15H,6-7,14H2,1-3H3. The maximum atomic E-state index is 13.5. The van der Waals surface area contributed by atoms with E-state index >= 15 is 0 Å². The first-order valence-corrected chi connectivity index (χ1v) is 8.70. The predicted molar refractivity (Wildman–Crippen MR) is 78.3 cm³/mol. The highest BCUT2D eigenvalue weighted by atomic mass is 32.2. The van der Waals surface area contributed by atoms with Gasteiger partial charge in [0.2, 0.25) is 10.0 Å². The third kappa shape index (κ3) is 4.36. The van der Waals surface area contributed by atoms with Gasteiger partial charge < -0.3 is 5.73 Å². The molecule has 4 nitrogen and oxygen atoms in total. The minimum absolute atomic E-state index is 0.0826. The van der Waals surface area contributed by atoms with Gasteiger partial charge in [-0.05, 0) is 37.0 Å². The van der Waals surface area contributed by atoms with Crippen LogP contribution in [-0.2, 0) is 10.0 Å². The summed E-state index contributed by atoms with van der Waals surface area (Å²) < 4.78 is 40.3. The fraction of sp³-hybridized carbons (Fsp3) is 0.500. The van der Waals surface area contributed by atoms with Crippen LogP contribution in [0.2, 0.25) is 0 Å². The highest BCUT2D eigenvalue weighted by Crippen LogP contribution is 2.21. The summed E-state index contributed by atoms with van der Waals surface area (Å²) in [5, 5.41) is 0. The predicted octanol–water partition coefficient (Wildman–Crippen LogP) is 1.99. The van der Waals surface area contributed by atoms with E-state index in [-0.39, 0.29) is 22.1 Å². The number of hydrogen-bond donors (Lipinski definition) is 2. The molecule has 3 N–H and O–H groups in total. The summed E-state index contributed by atoms with van der Waals surface area (Å²) >= 11 is 1.65. The zero-order valence-corrected chi connectivity index (χ0v) is 12.9. The van der Waals surface area contributed by atoms with E-state index in [1.165, 1.54) is 13.0 Å². The molecule has 0 heterocycles. The number of nitrogens with two attached hydrogens (primary N) is 1. The van der Waals surface area contributed by atoms with Gasteiger partial charge in [0.1, 0.15) is 5.82 Å². The lowest BCUT2D eigenvalue weighted by Gasteiger charge is -2.14. The van der Waals surface area contributed by atoms with Gasteiger partial charge in [-0.25, -0.2) is 17.5 Å². The Bertz CT molecular complexity index is 547. The van der Waals surface area contributed by atoms with Crippen LogP contribution in [0.5, 0.6) is 0 Å². The van der Waals surface area contributed by atoms with Gasteiger partial charge in [0.15, 0.2) is 0 Å². The number of nitrogen functional groups attached to an aromatic ring is 1. The first-order valence-electron chi connectivity index (χ1n) is 5.82. The van der Waals surface area contributed by atoms with E-state index in [0.29, 0.717) is 6.54 Å². The van der Waals surface area contributed by atoms with E-state index in [0.717, 1.165) is 11.8 Å². The van der Waals surface area contributed by atoms with Crippen molar-refractivity contribution in [3.63, 3.8) is 0 Å². The normalized spacial score (nSPS) is 13.5. The molecule has 0 saturated carbocycles. The second-order valence-corrected chi connectivity index (χ2v) is 7.18. The SMILES string of the molecule is CSCC(C)CNS(=O)(=O)c1cc(N)cc(F)c1C. The number of thioether (sulfide) groups is 1. The van der Waals surface area contributed by atoms with Crippen molar-refractivity contribution in [3.8, 4) is 0 Å². The lowest BCUT2D eigenvalue weighted by molar-refractivity contribution is 0.558. The van der Waals surface area contributed by atoms with Crippen LogP contribution >= 0.6 is 11.8 Å². The molecule has 0 bridgehead atoms. The Labute approximate surface area is 118 Å². The van der Waals surface area contributed by atoms with Crippen LogP contribution in [0.1, 0.15) is 12.5 Å². The number of anilines is 1. The Kier molecular flexibility index (Phi) is 5.64. The first kappa shape index (κ1) is 16.3. The Morgan fingerprint density at radius 3 is 2.68 bits per heavy atom. The van der Waals surface area contributed by atoms with E-state index in [9.17, 15) is 12.8 Å². The number of rotatable bonds is 6. The molecule has 0 saturated heterocycles. The van der Waals surface area contributed by atoms with Crippen LogP contribution < -0.4 is 10.5 Å². The lowest BCUT2D eigenvalue weighted by atomic mass is 10.2. The molecule has 0 spiro atoms. The Morgan fingerprint density at radius 2 is 2.11 bits per heavy atom. The second-order valence-electron chi connectivity index (χ2n) is 4.54. The van der Waals surface area contributed by atoms with Crippen LogP contribution in [0.3, 0.4) is 0 Å². The monoisotopic (exact) mass is 306 g/mol. The van der Waals surface area contributed by atoms with Gasteiger partial charge in [0.25, 0.3) is 0 Å². The van der Waals surface area contributed by atoms with Crippen LogP contribution in [0.25, 0.3) is 0 Å². The third-order valence-electron chi connectivity index (χ3n) is 2.68. The molecular formula is C12H19FN2O2S2. The van der Waals surface area contributed by atoms with E-state index in [4.69, 9.17) is 5.73 Å². The van der Waals surface area contributed by atoms with Gasteiger partial charge in [-0.15, -0.1) is 0 Å². The van der Waals surface area contributed by atoms with Crippen molar-refractivity contribution in [3.05, 3.63) is 23.5 Å². The maximum Gasteiger partial charge on any atom is 0.241 e. The lowest BCUT2D eigenvalue weighted by Crippen LogP contribution is -2.30. The van der Waals surface area contributed by atoms with E-state index in [1.54, 1.807) is 11.8 Å². The van der Waals surface area contributed by atoms with Crippen molar-refractivity contribution >= 4 is 27.5 Å². The molecule has 1 aromatic rings. The van der Waals surface area contributed by atoms with Gasteiger partial charge in [0, 0.05) is 17.8 Å². The summed E-state index contributed by atoms with van der Waals surface area (Å²) in [4.78, 5) is -0.0960. The molecule has 0 amide bonds. The van der Waals surface area contributed by atoms with Crippen LogP contribution in [0.4, 0.5) is 10.1 Å². The van der Waals surface area contributed by atoms with Crippen molar-refractivity contribution in [2.75, 3.05) is 24.3 Å². The fourth-order valence-electron chi connectivity index (χ4n) is 1.63. The number of halogens is 1. The summed E-state index contributed by atoms with van der Waals surface area (Å²) in [6, 6.07) is 2.39. The average Bonchev–Trinajstić information content (AvgIpc) is 2.31. The highest BCUT2D eigenvalue weighted by Gasteiger charge is 2.20. The molecule has 7 heteroatoms. The zero-order chi connectivity index (χ0) is 14.6.